The first-order valence-electron chi connectivity index (χ1n) is 14.2. The molecule has 0 bridgehead atoms. The van der Waals surface area contributed by atoms with Gasteiger partial charge in [0.1, 0.15) is 28.4 Å². The van der Waals surface area contributed by atoms with Crippen LogP contribution < -0.4 is 10.2 Å². The number of nitrogens with zero attached hydrogens (tertiary/aromatic N) is 1. The van der Waals surface area contributed by atoms with Gasteiger partial charge in [0.25, 0.3) is 11.8 Å². The summed E-state index contributed by atoms with van der Waals surface area (Å²) in [5.74, 6) is -2.99. The second-order valence-electron chi connectivity index (χ2n) is 10.9. The second-order valence-corrected chi connectivity index (χ2v) is 11.2. The number of methoxy groups -OCH3 is 2. The van der Waals surface area contributed by atoms with Gasteiger partial charge in [0.2, 0.25) is 0 Å². The first-order valence-corrected chi connectivity index (χ1v) is 14.7. The zero-order valence-corrected chi connectivity index (χ0v) is 25.2. The molecule has 1 aliphatic heterocycles. The summed E-state index contributed by atoms with van der Waals surface area (Å²) in [7, 11) is 2.34. The number of fused-ring (bicyclic) bond motifs is 5. The highest BCUT2D eigenvalue weighted by Gasteiger charge is 2.39. The van der Waals surface area contributed by atoms with Crippen LogP contribution in [0.25, 0.3) is 32.7 Å². The standard InChI is InChI=1S/C33H26ClN5O7/c1-45-32(43)27-26-25-17(13-34)14-39(23(25)12-24(40)28(26)38-29(27)33(44)46-2)31(42)22-11-16-9-18(7-8-20(16)37-22)35-30(41)21-10-15-5-3-4-6-19(15)36-21/h3-12,17,36-38,40H,13-14H2,1-2H3,(H,35,41). The lowest BCUT2D eigenvalue weighted by molar-refractivity contribution is 0.0553. The van der Waals surface area contributed by atoms with Crippen LogP contribution in [0.5, 0.6) is 5.75 Å². The average Bonchev–Trinajstić information content (AvgIpc) is 3.85. The molecule has 1 unspecified atom stereocenters. The predicted octanol–water partition coefficient (Wildman–Crippen LogP) is 5.64. The topological polar surface area (TPSA) is 170 Å². The van der Waals surface area contributed by atoms with Crippen LogP contribution in [0, 0.1) is 0 Å². The van der Waals surface area contributed by atoms with Crippen molar-refractivity contribution >= 4 is 79.4 Å². The lowest BCUT2D eigenvalue weighted by Crippen LogP contribution is -2.30. The van der Waals surface area contributed by atoms with Crippen LogP contribution >= 0.6 is 11.6 Å². The van der Waals surface area contributed by atoms with Crippen LogP contribution in [0.1, 0.15) is 53.3 Å². The number of phenolic OH excluding ortho intramolecular Hbond substituents is 1. The van der Waals surface area contributed by atoms with Crippen molar-refractivity contribution in [2.45, 2.75) is 5.92 Å². The number of aromatic amines is 3. The summed E-state index contributed by atoms with van der Waals surface area (Å²) in [5, 5.41) is 15.7. The van der Waals surface area contributed by atoms with Gasteiger partial charge in [-0.15, -0.1) is 11.6 Å². The molecule has 2 amide bonds. The number of benzene rings is 3. The second kappa shape index (κ2) is 11.0. The number of anilines is 2. The molecule has 232 valence electrons. The van der Waals surface area contributed by atoms with E-state index in [1.165, 1.54) is 25.2 Å². The van der Waals surface area contributed by atoms with Crippen molar-refractivity contribution in [3.05, 3.63) is 88.9 Å². The number of H-pyrrole nitrogens is 3. The molecule has 0 saturated carbocycles. The van der Waals surface area contributed by atoms with Crippen molar-refractivity contribution in [2.75, 3.05) is 36.9 Å². The van der Waals surface area contributed by atoms with Crippen molar-refractivity contribution in [2.24, 2.45) is 0 Å². The van der Waals surface area contributed by atoms with Gasteiger partial charge in [-0.3, -0.25) is 9.59 Å². The van der Waals surface area contributed by atoms with E-state index in [0.29, 0.717) is 33.5 Å². The number of para-hydroxylation sites is 1. The Labute approximate surface area is 265 Å². The minimum Gasteiger partial charge on any atom is -0.506 e. The minimum absolute atomic E-state index is 0.0855. The Morgan fingerprint density at radius 3 is 2.37 bits per heavy atom. The summed E-state index contributed by atoms with van der Waals surface area (Å²) >= 11 is 6.38. The number of aromatic hydroxyl groups is 1. The third-order valence-electron chi connectivity index (χ3n) is 8.27. The van der Waals surface area contributed by atoms with E-state index >= 15 is 0 Å². The molecule has 12 nitrogen and oxygen atoms in total. The number of halogens is 1. The van der Waals surface area contributed by atoms with Crippen molar-refractivity contribution in [1.82, 2.24) is 15.0 Å². The van der Waals surface area contributed by atoms with Gasteiger partial charge in [-0.1, -0.05) is 18.2 Å². The lowest BCUT2D eigenvalue weighted by Gasteiger charge is -2.17. The highest BCUT2D eigenvalue weighted by atomic mass is 35.5. The van der Waals surface area contributed by atoms with Crippen LogP contribution in [0.2, 0.25) is 0 Å². The van der Waals surface area contributed by atoms with Gasteiger partial charge in [-0.05, 0) is 42.0 Å². The molecule has 0 saturated heterocycles. The van der Waals surface area contributed by atoms with E-state index in [2.05, 4.69) is 20.3 Å². The number of rotatable bonds is 6. The first kappa shape index (κ1) is 29.0. The Morgan fingerprint density at radius 1 is 0.913 bits per heavy atom. The first-order chi connectivity index (χ1) is 22.2. The van der Waals surface area contributed by atoms with E-state index < -0.39 is 23.8 Å². The smallest absolute Gasteiger partial charge is 0.355 e. The number of alkyl halides is 1. The van der Waals surface area contributed by atoms with Crippen LogP contribution in [0.15, 0.2) is 60.7 Å². The van der Waals surface area contributed by atoms with Crippen molar-refractivity contribution in [3.63, 3.8) is 0 Å². The van der Waals surface area contributed by atoms with Gasteiger partial charge in [-0.25, -0.2) is 9.59 Å². The molecule has 6 aromatic rings. The monoisotopic (exact) mass is 639 g/mol. The van der Waals surface area contributed by atoms with E-state index in [9.17, 15) is 24.3 Å². The van der Waals surface area contributed by atoms with E-state index in [1.54, 1.807) is 30.3 Å². The van der Waals surface area contributed by atoms with Crippen molar-refractivity contribution in [3.8, 4) is 5.75 Å². The van der Waals surface area contributed by atoms with Gasteiger partial charge in [-0.2, -0.15) is 0 Å². The highest BCUT2D eigenvalue weighted by molar-refractivity contribution is 6.21. The van der Waals surface area contributed by atoms with E-state index in [-0.39, 0.29) is 51.9 Å². The number of carbonyl (C=O) groups is 4. The minimum atomic E-state index is -0.826. The molecule has 0 spiro atoms. The molecular weight excluding hydrogens is 614 g/mol. The van der Waals surface area contributed by atoms with Crippen LogP contribution in [0.4, 0.5) is 11.4 Å². The molecule has 3 aromatic heterocycles. The Balaban J connectivity index is 1.24. The fourth-order valence-corrected chi connectivity index (χ4v) is 6.41. The van der Waals surface area contributed by atoms with Crippen LogP contribution in [-0.4, -0.2) is 70.5 Å². The Bertz CT molecular complexity index is 2210. The number of esters is 2. The van der Waals surface area contributed by atoms with Crippen molar-refractivity contribution in [1.29, 1.82) is 0 Å². The van der Waals surface area contributed by atoms with Gasteiger partial charge in [0, 0.05) is 57.3 Å². The third-order valence-corrected chi connectivity index (χ3v) is 8.64. The van der Waals surface area contributed by atoms with Crippen LogP contribution in [-0.2, 0) is 9.47 Å². The molecular formula is C33H26ClN5O7. The van der Waals surface area contributed by atoms with Gasteiger partial charge < -0.3 is 39.7 Å². The summed E-state index contributed by atoms with van der Waals surface area (Å²) in [6.07, 6.45) is 0. The van der Waals surface area contributed by atoms with Crippen LogP contribution in [0.3, 0.4) is 0 Å². The van der Waals surface area contributed by atoms with Gasteiger partial charge in [0.15, 0.2) is 0 Å². The zero-order valence-electron chi connectivity index (χ0n) is 24.5. The Hall–Kier alpha value is -5.75. The van der Waals surface area contributed by atoms with E-state index in [4.69, 9.17) is 21.1 Å². The van der Waals surface area contributed by atoms with Gasteiger partial charge in [0.05, 0.1) is 25.4 Å². The number of phenols is 1. The SMILES string of the molecule is COC(=O)c1[nH]c2c(O)cc3c(c2c1C(=O)OC)C(CCl)CN3C(=O)c1cc2cc(NC(=O)c3cc4ccccc4[nH]3)ccc2[nH]1. The molecule has 1 atom stereocenters. The number of nitrogens with one attached hydrogen (secondary N) is 4. The number of amides is 2. The quantitative estimate of drug-likeness (QED) is 0.116. The van der Waals surface area contributed by atoms with Crippen molar-refractivity contribution < 1.29 is 33.8 Å². The number of hydrogen-bond donors (Lipinski definition) is 5. The molecule has 4 heterocycles. The normalized spacial score (nSPS) is 14.2. The maximum absolute atomic E-state index is 14.0. The molecule has 7 rings (SSSR count). The molecule has 0 aliphatic carbocycles. The molecule has 13 heteroatoms. The number of ether oxygens (including phenoxy) is 2. The molecule has 3 aromatic carbocycles. The maximum atomic E-state index is 14.0. The summed E-state index contributed by atoms with van der Waals surface area (Å²) in [6.45, 7) is 0.150. The maximum Gasteiger partial charge on any atom is 0.355 e. The summed E-state index contributed by atoms with van der Waals surface area (Å²) in [4.78, 5) is 62.9. The van der Waals surface area contributed by atoms with E-state index in [1.807, 2.05) is 24.3 Å². The number of carbonyl (C=O) groups excluding carboxylic acids is 4. The molecule has 46 heavy (non-hydrogen) atoms. The predicted molar refractivity (Wildman–Crippen MR) is 172 cm³/mol. The largest absolute Gasteiger partial charge is 0.506 e. The van der Waals surface area contributed by atoms with Gasteiger partial charge >= 0.3 is 11.9 Å². The molecule has 0 radical (unpaired) electrons. The number of hydrogen-bond acceptors (Lipinski definition) is 7. The highest BCUT2D eigenvalue weighted by Crippen LogP contribution is 2.47. The lowest BCUT2D eigenvalue weighted by atomic mass is 9.95. The molecule has 0 fully saturated rings. The third kappa shape index (κ3) is 4.53. The average molecular weight is 640 g/mol. The Morgan fingerprint density at radius 2 is 1.63 bits per heavy atom. The summed E-state index contributed by atoms with van der Waals surface area (Å²) < 4.78 is 9.81. The number of aromatic nitrogens is 3. The summed E-state index contributed by atoms with van der Waals surface area (Å²) in [6, 6.07) is 17.7. The molecule has 5 N–H and O–H groups in total. The Kier molecular flexibility index (Phi) is 6.93. The summed E-state index contributed by atoms with van der Waals surface area (Å²) in [5.41, 5.74) is 3.41. The fraction of sp³-hybridized carbons (Fsp3) is 0.152. The zero-order chi connectivity index (χ0) is 32.3. The fourth-order valence-electron chi connectivity index (χ4n) is 6.16. The molecule has 1 aliphatic rings. The van der Waals surface area contributed by atoms with E-state index in [0.717, 1.165) is 10.9 Å².